The van der Waals surface area contributed by atoms with E-state index in [1.807, 2.05) is 24.3 Å². The van der Waals surface area contributed by atoms with Gasteiger partial charge >= 0.3 is 12.1 Å². The zero-order chi connectivity index (χ0) is 23.0. The summed E-state index contributed by atoms with van der Waals surface area (Å²) in [6.45, 7) is 0.248. The number of carbonyl (C=O) groups excluding carboxylic acids is 2. The summed E-state index contributed by atoms with van der Waals surface area (Å²) in [5.74, 6) is -1.48. The number of nitrogens with one attached hydrogen (secondary N) is 2. The molecule has 0 unspecified atom stereocenters. The molecule has 0 aliphatic heterocycles. The van der Waals surface area contributed by atoms with Gasteiger partial charge in [-0.05, 0) is 60.8 Å². The van der Waals surface area contributed by atoms with E-state index in [1.54, 1.807) is 0 Å². The van der Waals surface area contributed by atoms with Gasteiger partial charge in [0.15, 0.2) is 0 Å². The molecule has 172 valence electrons. The SMILES string of the molecule is O=C(N[C@@H]1CC[C@H](C(=O)NC2(C(=O)O)CCC2)C1)OCC1c2ccccc2-c2ccccc21. The highest BCUT2D eigenvalue weighted by Crippen LogP contribution is 2.44. The molecule has 3 aliphatic rings. The van der Waals surface area contributed by atoms with Crippen molar-refractivity contribution < 1.29 is 24.2 Å². The molecule has 0 aromatic heterocycles. The Bertz CT molecular complexity index is 1050. The molecular formula is C26H28N2O5. The maximum atomic E-state index is 12.6. The molecule has 3 N–H and O–H groups in total. The average molecular weight is 449 g/mol. The summed E-state index contributed by atoms with van der Waals surface area (Å²) in [7, 11) is 0. The first-order chi connectivity index (χ1) is 16.0. The molecule has 2 amide bonds. The smallest absolute Gasteiger partial charge is 0.407 e. The van der Waals surface area contributed by atoms with Crippen molar-refractivity contribution in [1.82, 2.24) is 10.6 Å². The molecule has 5 rings (SSSR count). The molecule has 2 saturated carbocycles. The topological polar surface area (TPSA) is 105 Å². The van der Waals surface area contributed by atoms with E-state index in [4.69, 9.17) is 4.74 Å². The van der Waals surface area contributed by atoms with Gasteiger partial charge in [-0.25, -0.2) is 9.59 Å². The Hall–Kier alpha value is -3.35. The number of carboxylic acid groups (broad SMARTS) is 1. The van der Waals surface area contributed by atoms with Gasteiger partial charge in [0, 0.05) is 17.9 Å². The van der Waals surface area contributed by atoms with E-state index in [9.17, 15) is 19.5 Å². The first-order valence-corrected chi connectivity index (χ1v) is 11.6. The maximum absolute atomic E-state index is 12.6. The largest absolute Gasteiger partial charge is 0.480 e. The fourth-order valence-electron chi connectivity index (χ4n) is 5.42. The molecule has 0 saturated heterocycles. The van der Waals surface area contributed by atoms with Gasteiger partial charge in [-0.3, -0.25) is 4.79 Å². The molecule has 0 spiro atoms. The Morgan fingerprint density at radius 2 is 1.61 bits per heavy atom. The molecule has 2 atom stereocenters. The third-order valence-electron chi connectivity index (χ3n) is 7.45. The minimum Gasteiger partial charge on any atom is -0.480 e. The van der Waals surface area contributed by atoms with Gasteiger partial charge in [-0.1, -0.05) is 48.5 Å². The fourth-order valence-corrected chi connectivity index (χ4v) is 5.42. The van der Waals surface area contributed by atoms with Gasteiger partial charge in [0.25, 0.3) is 0 Å². The fraction of sp³-hybridized carbons (Fsp3) is 0.423. The van der Waals surface area contributed by atoms with Crippen molar-refractivity contribution in [3.05, 3.63) is 59.7 Å². The van der Waals surface area contributed by atoms with Crippen LogP contribution in [0.25, 0.3) is 11.1 Å². The van der Waals surface area contributed by atoms with Crippen LogP contribution < -0.4 is 10.6 Å². The lowest BCUT2D eigenvalue weighted by molar-refractivity contribution is -0.152. The number of hydrogen-bond acceptors (Lipinski definition) is 4. The number of carbonyl (C=O) groups is 3. The van der Waals surface area contributed by atoms with Crippen molar-refractivity contribution in [2.24, 2.45) is 5.92 Å². The van der Waals surface area contributed by atoms with E-state index in [2.05, 4.69) is 34.9 Å². The van der Waals surface area contributed by atoms with Crippen molar-refractivity contribution in [3.63, 3.8) is 0 Å². The number of carboxylic acids is 1. The lowest BCUT2D eigenvalue weighted by Crippen LogP contribution is -2.60. The second-order valence-corrected chi connectivity index (χ2v) is 9.41. The number of hydrogen-bond donors (Lipinski definition) is 3. The minimum atomic E-state index is -1.10. The van der Waals surface area contributed by atoms with Crippen molar-refractivity contribution in [3.8, 4) is 11.1 Å². The van der Waals surface area contributed by atoms with E-state index in [-0.39, 0.29) is 30.4 Å². The highest BCUT2D eigenvalue weighted by atomic mass is 16.5. The molecule has 7 heteroatoms. The Kier molecular flexibility index (Phi) is 5.56. The van der Waals surface area contributed by atoms with Gasteiger partial charge in [0.05, 0.1) is 0 Å². The van der Waals surface area contributed by atoms with Crippen LogP contribution in [-0.2, 0) is 14.3 Å². The summed E-state index contributed by atoms with van der Waals surface area (Å²) in [6.07, 6.45) is 3.06. The molecule has 0 bridgehead atoms. The summed E-state index contributed by atoms with van der Waals surface area (Å²) >= 11 is 0. The Balaban J connectivity index is 1.14. The summed E-state index contributed by atoms with van der Waals surface area (Å²) in [5.41, 5.74) is 3.57. The number of benzene rings is 2. The Labute approximate surface area is 192 Å². The molecule has 2 aromatic carbocycles. The number of ether oxygens (including phenoxy) is 1. The van der Waals surface area contributed by atoms with Gasteiger partial charge in [-0.15, -0.1) is 0 Å². The Morgan fingerprint density at radius 1 is 0.970 bits per heavy atom. The zero-order valence-electron chi connectivity index (χ0n) is 18.4. The van der Waals surface area contributed by atoms with Crippen LogP contribution in [0, 0.1) is 5.92 Å². The summed E-state index contributed by atoms with van der Waals surface area (Å²) in [4.78, 5) is 36.6. The molecule has 2 aromatic rings. The normalized spacial score (nSPS) is 22.5. The molecule has 33 heavy (non-hydrogen) atoms. The first kappa shape index (κ1) is 21.5. The van der Waals surface area contributed by atoms with Crippen LogP contribution in [0.2, 0.25) is 0 Å². The molecular weight excluding hydrogens is 420 g/mol. The van der Waals surface area contributed by atoms with E-state index < -0.39 is 17.6 Å². The monoisotopic (exact) mass is 448 g/mol. The van der Waals surface area contributed by atoms with Crippen molar-refractivity contribution in [2.75, 3.05) is 6.61 Å². The molecule has 2 fully saturated rings. The van der Waals surface area contributed by atoms with Crippen LogP contribution in [0.5, 0.6) is 0 Å². The van der Waals surface area contributed by atoms with E-state index in [0.717, 1.165) is 17.5 Å². The molecule has 0 heterocycles. The van der Waals surface area contributed by atoms with E-state index in [0.29, 0.717) is 32.1 Å². The molecule has 7 nitrogen and oxygen atoms in total. The van der Waals surface area contributed by atoms with Crippen LogP contribution >= 0.6 is 0 Å². The number of aliphatic carboxylic acids is 1. The van der Waals surface area contributed by atoms with Gasteiger partial charge in [-0.2, -0.15) is 0 Å². The maximum Gasteiger partial charge on any atom is 0.407 e. The first-order valence-electron chi connectivity index (χ1n) is 11.6. The van der Waals surface area contributed by atoms with Crippen LogP contribution in [0.1, 0.15) is 55.6 Å². The second kappa shape index (κ2) is 8.54. The standard InChI is InChI=1S/C26H28N2O5/c29-23(28-26(24(30)31)12-5-13-26)16-10-11-17(14-16)27-25(32)33-15-22-20-8-3-1-6-18(20)19-7-2-4-9-21(19)22/h1-4,6-9,16-17,22H,5,10-15H2,(H,27,32)(H,28,29)(H,30,31)/t16-,17+/m0/s1. The highest BCUT2D eigenvalue weighted by molar-refractivity contribution is 5.89. The van der Waals surface area contributed by atoms with E-state index in [1.165, 1.54) is 11.1 Å². The third-order valence-corrected chi connectivity index (χ3v) is 7.45. The van der Waals surface area contributed by atoms with Gasteiger partial charge < -0.3 is 20.5 Å². The van der Waals surface area contributed by atoms with Gasteiger partial charge in [0.2, 0.25) is 5.91 Å². The predicted octanol–water partition coefficient (Wildman–Crippen LogP) is 3.82. The molecule has 3 aliphatic carbocycles. The van der Waals surface area contributed by atoms with Crippen molar-refractivity contribution >= 4 is 18.0 Å². The molecule has 0 radical (unpaired) electrons. The quantitative estimate of drug-likeness (QED) is 0.623. The van der Waals surface area contributed by atoms with Crippen molar-refractivity contribution in [1.29, 1.82) is 0 Å². The summed E-state index contributed by atoms with van der Waals surface area (Å²) < 4.78 is 5.61. The van der Waals surface area contributed by atoms with Crippen LogP contribution in [0.3, 0.4) is 0 Å². The van der Waals surface area contributed by atoms with Crippen molar-refractivity contribution in [2.45, 2.75) is 56.0 Å². The number of fused-ring (bicyclic) bond motifs is 3. The lowest BCUT2D eigenvalue weighted by atomic mass is 9.76. The summed E-state index contributed by atoms with van der Waals surface area (Å²) in [6, 6.07) is 16.2. The lowest BCUT2D eigenvalue weighted by Gasteiger charge is -2.38. The van der Waals surface area contributed by atoms with E-state index >= 15 is 0 Å². The number of amides is 2. The highest BCUT2D eigenvalue weighted by Gasteiger charge is 2.47. The zero-order valence-corrected chi connectivity index (χ0v) is 18.4. The average Bonchev–Trinajstić information content (AvgIpc) is 3.37. The van der Waals surface area contributed by atoms with Crippen LogP contribution in [-0.4, -0.2) is 41.3 Å². The van der Waals surface area contributed by atoms with Gasteiger partial charge in [0.1, 0.15) is 12.1 Å². The van der Waals surface area contributed by atoms with Crippen LogP contribution in [0.15, 0.2) is 48.5 Å². The minimum absolute atomic E-state index is 0.0000562. The Morgan fingerprint density at radius 3 is 2.18 bits per heavy atom. The third kappa shape index (κ3) is 3.96. The van der Waals surface area contributed by atoms with Crippen LogP contribution in [0.4, 0.5) is 4.79 Å². The number of alkyl carbamates (subject to hydrolysis) is 1. The number of rotatable bonds is 6. The second-order valence-electron chi connectivity index (χ2n) is 9.41. The predicted molar refractivity (Wildman–Crippen MR) is 122 cm³/mol. The summed E-state index contributed by atoms with van der Waals surface area (Å²) in [5, 5.41) is 15.1.